The first kappa shape index (κ1) is 20.5. The van der Waals surface area contributed by atoms with Crippen molar-refractivity contribution in [3.8, 4) is 5.75 Å². The molecule has 2 aromatic heterocycles. The van der Waals surface area contributed by atoms with E-state index in [1.54, 1.807) is 46.2 Å². The summed E-state index contributed by atoms with van der Waals surface area (Å²) in [5.74, 6) is 0.177. The van der Waals surface area contributed by atoms with Gasteiger partial charge >= 0.3 is 6.36 Å². The van der Waals surface area contributed by atoms with Gasteiger partial charge in [-0.25, -0.2) is 4.98 Å². The largest absolute Gasteiger partial charge is 0.573 e. The molecule has 0 saturated carbocycles. The Morgan fingerprint density at radius 3 is 2.50 bits per heavy atom. The molecule has 0 N–H and O–H groups in total. The monoisotopic (exact) mass is 448 g/mol. The standard InChI is InChI=1S/C21H15F3N2O2S2/c22-21(23,24)28-15-9-7-14(8-10-15)13-30-20-25-18-6-2-1-5-17(18)19(27)26(20)12-16-4-3-11-29-16/h1-11H,12-13H2. The lowest BCUT2D eigenvalue weighted by atomic mass is 10.2. The van der Waals surface area contributed by atoms with E-state index in [9.17, 15) is 18.0 Å². The summed E-state index contributed by atoms with van der Waals surface area (Å²) in [4.78, 5) is 18.7. The third kappa shape index (κ3) is 4.85. The molecule has 30 heavy (non-hydrogen) atoms. The predicted molar refractivity (Wildman–Crippen MR) is 112 cm³/mol. The van der Waals surface area contributed by atoms with E-state index in [1.807, 2.05) is 23.6 Å². The number of fused-ring (bicyclic) bond motifs is 1. The Bertz CT molecular complexity index is 1200. The van der Waals surface area contributed by atoms with Gasteiger partial charge < -0.3 is 4.74 Å². The molecule has 0 saturated heterocycles. The summed E-state index contributed by atoms with van der Waals surface area (Å²) in [7, 11) is 0. The van der Waals surface area contributed by atoms with Crippen LogP contribution in [0.25, 0.3) is 10.9 Å². The summed E-state index contributed by atoms with van der Waals surface area (Å²) >= 11 is 2.92. The van der Waals surface area contributed by atoms with Crippen LogP contribution >= 0.6 is 23.1 Å². The molecule has 4 aromatic rings. The van der Waals surface area contributed by atoms with Crippen LogP contribution in [-0.2, 0) is 12.3 Å². The van der Waals surface area contributed by atoms with Crippen molar-refractivity contribution in [2.24, 2.45) is 0 Å². The number of thioether (sulfide) groups is 1. The maximum Gasteiger partial charge on any atom is 0.573 e. The van der Waals surface area contributed by atoms with Gasteiger partial charge in [-0.05, 0) is 41.3 Å². The third-order valence-electron chi connectivity index (χ3n) is 4.25. The zero-order chi connectivity index (χ0) is 21.1. The molecule has 0 fully saturated rings. The second-order valence-electron chi connectivity index (χ2n) is 6.36. The molecular formula is C21H15F3N2O2S2. The fourth-order valence-electron chi connectivity index (χ4n) is 2.89. The van der Waals surface area contributed by atoms with Gasteiger partial charge in [0.05, 0.1) is 17.4 Å². The van der Waals surface area contributed by atoms with Crippen molar-refractivity contribution in [2.45, 2.75) is 23.8 Å². The number of rotatable bonds is 6. The minimum Gasteiger partial charge on any atom is -0.406 e. The van der Waals surface area contributed by atoms with Crippen molar-refractivity contribution in [1.82, 2.24) is 9.55 Å². The number of hydrogen-bond acceptors (Lipinski definition) is 5. The zero-order valence-corrected chi connectivity index (χ0v) is 17.1. The number of para-hydroxylation sites is 1. The lowest BCUT2D eigenvalue weighted by Crippen LogP contribution is -2.23. The van der Waals surface area contributed by atoms with Crippen LogP contribution < -0.4 is 10.3 Å². The first-order valence-electron chi connectivity index (χ1n) is 8.88. The van der Waals surface area contributed by atoms with Crippen molar-refractivity contribution in [3.05, 3.63) is 86.8 Å². The first-order valence-corrected chi connectivity index (χ1v) is 10.7. The molecule has 9 heteroatoms. The van der Waals surface area contributed by atoms with Crippen LogP contribution in [0.2, 0.25) is 0 Å². The van der Waals surface area contributed by atoms with Crippen LogP contribution in [-0.4, -0.2) is 15.9 Å². The van der Waals surface area contributed by atoms with Gasteiger partial charge in [0.15, 0.2) is 5.16 Å². The number of benzene rings is 2. The second-order valence-corrected chi connectivity index (χ2v) is 8.34. The molecule has 154 valence electrons. The van der Waals surface area contributed by atoms with Gasteiger partial charge in [0.25, 0.3) is 5.56 Å². The fourth-order valence-corrected chi connectivity index (χ4v) is 4.54. The Kier molecular flexibility index (Phi) is 5.83. The Balaban J connectivity index is 1.60. The molecule has 0 atom stereocenters. The summed E-state index contributed by atoms with van der Waals surface area (Å²) in [6.45, 7) is 0.412. The average Bonchev–Trinajstić information content (AvgIpc) is 3.22. The van der Waals surface area contributed by atoms with Gasteiger partial charge in [0.1, 0.15) is 5.75 Å². The number of aromatic nitrogens is 2. The van der Waals surface area contributed by atoms with E-state index in [2.05, 4.69) is 9.72 Å². The molecule has 0 aliphatic rings. The number of alkyl halides is 3. The summed E-state index contributed by atoms with van der Waals surface area (Å²) in [6.07, 6.45) is -4.72. The van der Waals surface area contributed by atoms with Crippen molar-refractivity contribution in [2.75, 3.05) is 0 Å². The molecule has 0 aliphatic heterocycles. The van der Waals surface area contributed by atoms with Crippen molar-refractivity contribution in [1.29, 1.82) is 0 Å². The van der Waals surface area contributed by atoms with Crippen LogP contribution in [0.5, 0.6) is 5.75 Å². The Labute approximate surface area is 178 Å². The summed E-state index contributed by atoms with van der Waals surface area (Å²) in [5, 5.41) is 3.06. The average molecular weight is 448 g/mol. The lowest BCUT2D eigenvalue weighted by molar-refractivity contribution is -0.274. The van der Waals surface area contributed by atoms with E-state index in [-0.39, 0.29) is 11.3 Å². The van der Waals surface area contributed by atoms with Crippen LogP contribution in [0.4, 0.5) is 13.2 Å². The normalized spacial score (nSPS) is 11.7. The van der Waals surface area contributed by atoms with Gasteiger partial charge in [-0.15, -0.1) is 24.5 Å². The van der Waals surface area contributed by atoms with Crippen LogP contribution in [0.3, 0.4) is 0 Å². The molecule has 2 aromatic carbocycles. The maximum atomic E-state index is 13.1. The Hall–Kier alpha value is -2.78. The first-order chi connectivity index (χ1) is 14.4. The number of halogens is 3. The number of ether oxygens (including phenoxy) is 1. The smallest absolute Gasteiger partial charge is 0.406 e. The van der Waals surface area contributed by atoms with Crippen LogP contribution in [0.1, 0.15) is 10.4 Å². The molecule has 0 bridgehead atoms. The van der Waals surface area contributed by atoms with Crippen molar-refractivity contribution >= 4 is 34.0 Å². The highest BCUT2D eigenvalue weighted by atomic mass is 32.2. The van der Waals surface area contributed by atoms with Crippen molar-refractivity contribution in [3.63, 3.8) is 0 Å². The molecule has 0 aliphatic carbocycles. The second kappa shape index (κ2) is 8.53. The van der Waals surface area contributed by atoms with E-state index in [0.717, 1.165) is 10.4 Å². The zero-order valence-electron chi connectivity index (χ0n) is 15.4. The highest BCUT2D eigenvalue weighted by molar-refractivity contribution is 7.98. The van der Waals surface area contributed by atoms with Gasteiger partial charge in [-0.2, -0.15) is 0 Å². The quantitative estimate of drug-likeness (QED) is 0.281. The Morgan fingerprint density at radius 1 is 1.03 bits per heavy atom. The van der Waals surface area contributed by atoms with Gasteiger partial charge in [0, 0.05) is 10.6 Å². The minimum absolute atomic E-state index is 0.120. The maximum absolute atomic E-state index is 13.1. The lowest BCUT2D eigenvalue weighted by Gasteiger charge is -2.13. The van der Waals surface area contributed by atoms with Gasteiger partial charge in [0.2, 0.25) is 0 Å². The number of nitrogens with zero attached hydrogens (tertiary/aromatic N) is 2. The highest BCUT2D eigenvalue weighted by Crippen LogP contribution is 2.26. The molecule has 4 nitrogen and oxygen atoms in total. The van der Waals surface area contributed by atoms with Gasteiger partial charge in [-0.1, -0.05) is 42.1 Å². The van der Waals surface area contributed by atoms with Crippen molar-refractivity contribution < 1.29 is 17.9 Å². The number of thiophene rings is 1. The van der Waals surface area contributed by atoms with Gasteiger partial charge in [-0.3, -0.25) is 9.36 Å². The van der Waals surface area contributed by atoms with E-state index in [4.69, 9.17) is 0 Å². The molecule has 0 amide bonds. The Morgan fingerprint density at radius 2 is 1.80 bits per heavy atom. The van der Waals surface area contributed by atoms with Crippen LogP contribution in [0, 0.1) is 0 Å². The third-order valence-corrected chi connectivity index (χ3v) is 6.15. The fraction of sp³-hybridized carbons (Fsp3) is 0.143. The van der Waals surface area contributed by atoms with E-state index in [0.29, 0.717) is 28.4 Å². The number of hydrogen-bond donors (Lipinski definition) is 0. The predicted octanol–water partition coefficient (Wildman–Crippen LogP) is 5.70. The molecule has 0 radical (unpaired) electrons. The molecular weight excluding hydrogens is 433 g/mol. The molecule has 2 heterocycles. The highest BCUT2D eigenvalue weighted by Gasteiger charge is 2.30. The SMILES string of the molecule is O=c1c2ccccc2nc(SCc2ccc(OC(F)(F)F)cc2)n1Cc1cccs1. The summed E-state index contributed by atoms with van der Waals surface area (Å²) in [6, 6.07) is 16.7. The molecule has 0 spiro atoms. The molecule has 4 rings (SSSR count). The minimum atomic E-state index is -4.72. The summed E-state index contributed by atoms with van der Waals surface area (Å²) in [5.41, 5.74) is 1.28. The van der Waals surface area contributed by atoms with E-state index >= 15 is 0 Å². The van der Waals surface area contributed by atoms with E-state index in [1.165, 1.54) is 23.9 Å². The van der Waals surface area contributed by atoms with E-state index < -0.39 is 6.36 Å². The topological polar surface area (TPSA) is 44.1 Å². The summed E-state index contributed by atoms with van der Waals surface area (Å²) < 4.78 is 42.5. The van der Waals surface area contributed by atoms with Crippen LogP contribution in [0.15, 0.2) is 76.0 Å². The molecule has 0 unspecified atom stereocenters.